The summed E-state index contributed by atoms with van der Waals surface area (Å²) >= 11 is 0. The highest BCUT2D eigenvalue weighted by Gasteiger charge is 2.30. The first-order valence-corrected chi connectivity index (χ1v) is 8.29. The summed E-state index contributed by atoms with van der Waals surface area (Å²) in [5.74, 6) is 1.65. The molecule has 6 heteroatoms. The molecule has 0 unspecified atom stereocenters. The van der Waals surface area contributed by atoms with Crippen molar-refractivity contribution >= 4 is 17.5 Å². The van der Waals surface area contributed by atoms with E-state index in [0.717, 1.165) is 42.4 Å². The molecule has 24 heavy (non-hydrogen) atoms. The van der Waals surface area contributed by atoms with Crippen LogP contribution in [0.25, 0.3) is 0 Å². The van der Waals surface area contributed by atoms with Crippen molar-refractivity contribution < 1.29 is 4.79 Å². The van der Waals surface area contributed by atoms with Gasteiger partial charge in [0, 0.05) is 12.2 Å². The lowest BCUT2D eigenvalue weighted by Gasteiger charge is -2.24. The maximum absolute atomic E-state index is 12.3. The zero-order valence-corrected chi connectivity index (χ0v) is 14.1. The molecule has 0 aliphatic carbocycles. The van der Waals surface area contributed by atoms with Crippen LogP contribution in [0.2, 0.25) is 0 Å². The fourth-order valence-electron chi connectivity index (χ4n) is 3.08. The molecule has 6 nitrogen and oxygen atoms in total. The lowest BCUT2D eigenvalue weighted by Crippen LogP contribution is -2.36. The van der Waals surface area contributed by atoms with E-state index in [1.807, 2.05) is 48.2 Å². The second kappa shape index (κ2) is 7.40. The Balaban J connectivity index is 1.78. The number of nitrogens with one attached hydrogen (secondary N) is 2. The molecule has 2 aromatic heterocycles. The van der Waals surface area contributed by atoms with Crippen LogP contribution in [0.15, 0.2) is 36.4 Å². The minimum atomic E-state index is 0.0538. The van der Waals surface area contributed by atoms with E-state index < -0.39 is 0 Å². The summed E-state index contributed by atoms with van der Waals surface area (Å²) in [5.41, 5.74) is 1.88. The normalized spacial score (nSPS) is 17.1. The van der Waals surface area contributed by atoms with E-state index in [9.17, 15) is 4.79 Å². The molecule has 126 valence electrons. The summed E-state index contributed by atoms with van der Waals surface area (Å²) in [6.07, 6.45) is 1.97. The fraction of sp³-hybridized carbons (Fsp3) is 0.389. The van der Waals surface area contributed by atoms with Gasteiger partial charge in [0.2, 0.25) is 5.91 Å². The van der Waals surface area contributed by atoms with Crippen LogP contribution in [-0.4, -0.2) is 40.9 Å². The lowest BCUT2D eigenvalue weighted by molar-refractivity contribution is -0.131. The number of aryl methyl sites for hydroxylation is 1. The van der Waals surface area contributed by atoms with Gasteiger partial charge in [-0.05, 0) is 51.1 Å². The average molecular weight is 325 g/mol. The van der Waals surface area contributed by atoms with E-state index >= 15 is 0 Å². The first-order valence-electron chi connectivity index (χ1n) is 8.29. The van der Waals surface area contributed by atoms with E-state index in [2.05, 4.69) is 15.6 Å². The minimum Gasteiger partial charge on any atom is -0.333 e. The maximum atomic E-state index is 12.3. The first kappa shape index (κ1) is 16.4. The highest BCUT2D eigenvalue weighted by Crippen LogP contribution is 2.31. The van der Waals surface area contributed by atoms with Gasteiger partial charge < -0.3 is 15.5 Å². The Labute approximate surface area is 142 Å². The van der Waals surface area contributed by atoms with Gasteiger partial charge in [0.1, 0.15) is 11.6 Å². The Morgan fingerprint density at radius 3 is 2.71 bits per heavy atom. The molecule has 3 heterocycles. The monoisotopic (exact) mass is 325 g/mol. The van der Waals surface area contributed by atoms with Gasteiger partial charge in [-0.1, -0.05) is 12.1 Å². The second-order valence-corrected chi connectivity index (χ2v) is 6.01. The Hall–Kier alpha value is -2.47. The Morgan fingerprint density at radius 1 is 1.21 bits per heavy atom. The van der Waals surface area contributed by atoms with Gasteiger partial charge in [0.15, 0.2) is 0 Å². The number of anilines is 2. The number of rotatable bonds is 5. The van der Waals surface area contributed by atoms with Crippen LogP contribution in [0, 0.1) is 6.92 Å². The number of aromatic nitrogens is 2. The van der Waals surface area contributed by atoms with E-state index in [0.29, 0.717) is 6.54 Å². The van der Waals surface area contributed by atoms with Gasteiger partial charge in [-0.3, -0.25) is 4.79 Å². The van der Waals surface area contributed by atoms with E-state index in [1.54, 1.807) is 7.05 Å². The molecule has 1 fully saturated rings. The molecule has 1 amide bonds. The van der Waals surface area contributed by atoms with Crippen molar-refractivity contribution in [2.75, 3.05) is 25.5 Å². The first-order chi connectivity index (χ1) is 11.7. The third-order valence-electron chi connectivity index (χ3n) is 4.16. The molecule has 0 bridgehead atoms. The molecular formula is C18H23N5O. The number of carbonyl (C=O) groups excluding carboxylic acids is 1. The Bertz CT molecular complexity index is 718. The predicted octanol–water partition coefficient (Wildman–Crippen LogP) is 2.41. The molecule has 2 N–H and O–H groups in total. The third-order valence-corrected chi connectivity index (χ3v) is 4.16. The molecule has 0 saturated carbocycles. The van der Waals surface area contributed by atoms with Crippen LogP contribution in [0.4, 0.5) is 11.6 Å². The van der Waals surface area contributed by atoms with Crippen LogP contribution in [-0.2, 0) is 4.79 Å². The van der Waals surface area contributed by atoms with Crippen LogP contribution in [0.3, 0.4) is 0 Å². The SMILES string of the molecule is CNCC(=O)N1CCC[C@@H]1c1cccc(Nc2cccc(C)n2)n1. The van der Waals surface area contributed by atoms with E-state index in [-0.39, 0.29) is 11.9 Å². The fourth-order valence-corrected chi connectivity index (χ4v) is 3.08. The van der Waals surface area contributed by atoms with Crippen LogP contribution >= 0.6 is 0 Å². The lowest BCUT2D eigenvalue weighted by atomic mass is 10.1. The van der Waals surface area contributed by atoms with Crippen molar-refractivity contribution in [1.82, 2.24) is 20.2 Å². The number of pyridine rings is 2. The van der Waals surface area contributed by atoms with Gasteiger partial charge in [0.25, 0.3) is 0 Å². The molecule has 0 aromatic carbocycles. The van der Waals surface area contributed by atoms with Crippen molar-refractivity contribution in [2.24, 2.45) is 0 Å². The predicted molar refractivity (Wildman–Crippen MR) is 94.1 cm³/mol. The second-order valence-electron chi connectivity index (χ2n) is 6.01. The molecule has 1 aliphatic rings. The van der Waals surface area contributed by atoms with Gasteiger partial charge in [-0.2, -0.15) is 0 Å². The van der Waals surface area contributed by atoms with Crippen molar-refractivity contribution in [3.8, 4) is 0 Å². The molecule has 3 rings (SSSR count). The zero-order valence-electron chi connectivity index (χ0n) is 14.1. The number of hydrogen-bond donors (Lipinski definition) is 2. The molecule has 0 spiro atoms. The van der Waals surface area contributed by atoms with Crippen LogP contribution in [0.1, 0.15) is 30.3 Å². The molecule has 1 aliphatic heterocycles. The van der Waals surface area contributed by atoms with Crippen molar-refractivity contribution in [2.45, 2.75) is 25.8 Å². The Kier molecular flexibility index (Phi) is 5.05. The van der Waals surface area contributed by atoms with Crippen LogP contribution < -0.4 is 10.6 Å². The highest BCUT2D eigenvalue weighted by atomic mass is 16.2. The van der Waals surface area contributed by atoms with Crippen molar-refractivity contribution in [3.63, 3.8) is 0 Å². The summed E-state index contributed by atoms with van der Waals surface area (Å²) < 4.78 is 0. The molecule has 1 saturated heterocycles. The molecular weight excluding hydrogens is 302 g/mol. The molecule has 1 atom stereocenters. The number of carbonyl (C=O) groups is 1. The summed E-state index contributed by atoms with van der Waals surface area (Å²) in [6, 6.07) is 11.8. The third kappa shape index (κ3) is 3.71. The average Bonchev–Trinajstić information content (AvgIpc) is 3.05. The Morgan fingerprint density at radius 2 is 1.96 bits per heavy atom. The quantitative estimate of drug-likeness (QED) is 0.883. The van der Waals surface area contributed by atoms with Gasteiger partial charge >= 0.3 is 0 Å². The van der Waals surface area contributed by atoms with E-state index in [4.69, 9.17) is 4.98 Å². The van der Waals surface area contributed by atoms with E-state index in [1.165, 1.54) is 0 Å². The number of amides is 1. The largest absolute Gasteiger partial charge is 0.333 e. The smallest absolute Gasteiger partial charge is 0.237 e. The number of hydrogen-bond acceptors (Lipinski definition) is 5. The number of likely N-dealkylation sites (tertiary alicyclic amines) is 1. The number of nitrogens with zero attached hydrogens (tertiary/aromatic N) is 3. The van der Waals surface area contributed by atoms with Crippen molar-refractivity contribution in [3.05, 3.63) is 47.8 Å². The molecule has 0 radical (unpaired) electrons. The van der Waals surface area contributed by atoms with Crippen LogP contribution in [0.5, 0.6) is 0 Å². The summed E-state index contributed by atoms with van der Waals surface area (Å²) in [5, 5.41) is 6.17. The summed E-state index contributed by atoms with van der Waals surface area (Å²) in [6.45, 7) is 3.12. The number of likely N-dealkylation sites (N-methyl/N-ethyl adjacent to an activating group) is 1. The standard InChI is InChI=1S/C18H23N5O/c1-13-6-3-9-16(20-13)22-17-10-4-7-14(21-17)15-8-5-11-23(15)18(24)12-19-2/h3-4,6-7,9-10,15,19H,5,8,11-12H2,1-2H3,(H,20,21,22)/t15-/m1/s1. The zero-order chi connectivity index (χ0) is 16.9. The van der Waals surface area contributed by atoms with Crippen molar-refractivity contribution in [1.29, 1.82) is 0 Å². The van der Waals surface area contributed by atoms with Gasteiger partial charge in [0.05, 0.1) is 18.3 Å². The maximum Gasteiger partial charge on any atom is 0.237 e. The van der Waals surface area contributed by atoms with Gasteiger partial charge in [-0.15, -0.1) is 0 Å². The summed E-state index contributed by atoms with van der Waals surface area (Å²) in [4.78, 5) is 23.3. The summed E-state index contributed by atoms with van der Waals surface area (Å²) in [7, 11) is 1.79. The highest BCUT2D eigenvalue weighted by molar-refractivity contribution is 5.79. The van der Waals surface area contributed by atoms with Gasteiger partial charge in [-0.25, -0.2) is 9.97 Å². The topological polar surface area (TPSA) is 70.2 Å². The molecule has 2 aromatic rings. The minimum absolute atomic E-state index is 0.0538.